The Morgan fingerprint density at radius 2 is 1.11 bits per heavy atom. The smallest absolute Gasteiger partial charge is 0.273 e. The average Bonchev–Trinajstić information content (AvgIpc) is 2.54. The molecule has 0 rings (SSSR count). The molecule has 1 radical (unpaired) electrons. The molecule has 0 aliphatic heterocycles. The van der Waals surface area contributed by atoms with Crippen LogP contribution in [0.4, 0.5) is 0 Å². The molecular weight excluding hydrogens is 348 g/mol. The van der Waals surface area contributed by atoms with E-state index in [1.54, 1.807) is 0 Å². The van der Waals surface area contributed by atoms with Gasteiger partial charge in [-0.1, -0.05) is 79.1 Å². The number of hydrogen-bond acceptors (Lipinski definition) is 5. The molecule has 27 heavy (non-hydrogen) atoms. The summed E-state index contributed by atoms with van der Waals surface area (Å²) in [5.41, 5.74) is -2.84. The Morgan fingerprint density at radius 1 is 0.741 bits per heavy atom. The van der Waals surface area contributed by atoms with Crippen LogP contribution < -0.4 is 0 Å². The van der Waals surface area contributed by atoms with Gasteiger partial charge >= 0.3 is 11.9 Å². The van der Waals surface area contributed by atoms with Gasteiger partial charge < -0.3 is 0 Å². The number of carbonyl (C=O) groups excluding carboxylic acids is 1. The number of rotatable bonds is 16. The first-order valence-electron chi connectivity index (χ1n) is 10.3. The molecule has 0 bridgehead atoms. The Balaban J connectivity index is 4.15. The van der Waals surface area contributed by atoms with Gasteiger partial charge in [0.25, 0.3) is 0 Å². The molecule has 0 fully saturated rings. The summed E-state index contributed by atoms with van der Waals surface area (Å²) in [6.07, 6.45) is 10.2. The predicted molar refractivity (Wildman–Crippen MR) is 106 cm³/mol. The van der Waals surface area contributed by atoms with E-state index >= 15 is 0 Å². The zero-order valence-corrected chi connectivity index (χ0v) is 17.6. The minimum atomic E-state index is -2.84. The minimum Gasteiger partial charge on any atom is -0.273 e. The molecule has 7 heteroatoms. The maximum absolute atomic E-state index is 11.1. The van der Waals surface area contributed by atoms with Gasteiger partial charge in [0.15, 0.2) is 0 Å². The third-order valence-corrected chi connectivity index (χ3v) is 5.60. The van der Waals surface area contributed by atoms with Crippen LogP contribution in [0.5, 0.6) is 0 Å². The lowest BCUT2D eigenvalue weighted by Gasteiger charge is -2.18. The van der Waals surface area contributed by atoms with Crippen LogP contribution in [0.3, 0.4) is 0 Å². The lowest BCUT2D eigenvalue weighted by atomic mass is 9.88. The molecule has 0 aliphatic rings. The Morgan fingerprint density at radius 3 is 1.44 bits per heavy atom. The summed E-state index contributed by atoms with van der Waals surface area (Å²) < 4.78 is 0. The van der Waals surface area contributed by atoms with Crippen LogP contribution in [0, 0.1) is 43.9 Å². The number of nitrogens with zero attached hydrogens (tertiary/aromatic N) is 2. The normalized spacial score (nSPS) is 15.3. The van der Waals surface area contributed by atoms with Gasteiger partial charge in [-0.2, -0.15) is 0 Å². The molecule has 0 aromatic rings. The molecule has 3 unspecified atom stereocenters. The van der Waals surface area contributed by atoms with E-state index in [2.05, 4.69) is 27.7 Å². The maximum atomic E-state index is 11.1. The highest BCUT2D eigenvalue weighted by Gasteiger charge is 2.62. The van der Waals surface area contributed by atoms with Crippen molar-refractivity contribution in [2.24, 2.45) is 23.7 Å². The lowest BCUT2D eigenvalue weighted by Crippen LogP contribution is -2.53. The average molecular weight is 386 g/mol. The summed E-state index contributed by atoms with van der Waals surface area (Å²) in [7, 11) is 0. The summed E-state index contributed by atoms with van der Waals surface area (Å²) in [5.74, 6) is 0.995. The second kappa shape index (κ2) is 12.8. The molecular formula is C20H37N2O5. The molecule has 0 saturated carbocycles. The summed E-state index contributed by atoms with van der Waals surface area (Å²) in [4.78, 5) is 30.8. The van der Waals surface area contributed by atoms with Crippen molar-refractivity contribution < 1.29 is 14.6 Å². The fourth-order valence-corrected chi connectivity index (χ4v) is 3.55. The van der Waals surface area contributed by atoms with Crippen LogP contribution in [0.2, 0.25) is 0 Å². The van der Waals surface area contributed by atoms with E-state index in [-0.39, 0.29) is 6.42 Å². The molecule has 0 aromatic heterocycles. The largest absolute Gasteiger partial charge is 0.526 e. The van der Waals surface area contributed by atoms with Crippen LogP contribution in [0.1, 0.15) is 92.4 Å². The quantitative estimate of drug-likeness (QED) is 0.200. The highest BCUT2D eigenvalue weighted by atomic mass is 16.7. The Bertz CT molecular complexity index is 453. The molecule has 0 spiro atoms. The SMILES string of the molecule is CC(C)CCCC(C)CCCC(C)CCCC(C)C([C]=O)([N+](=O)[O-])[N+](=O)[O-]. The molecule has 0 aromatic carbocycles. The molecule has 0 aliphatic carbocycles. The van der Waals surface area contributed by atoms with E-state index < -0.39 is 21.4 Å². The molecule has 0 amide bonds. The fraction of sp³-hybridized carbons (Fsp3) is 0.950. The van der Waals surface area contributed by atoms with Crippen molar-refractivity contribution in [1.29, 1.82) is 0 Å². The summed E-state index contributed by atoms with van der Waals surface area (Å²) in [6, 6.07) is 0. The second-order valence-electron chi connectivity index (χ2n) is 8.64. The van der Waals surface area contributed by atoms with Crippen molar-refractivity contribution in [3.63, 3.8) is 0 Å². The van der Waals surface area contributed by atoms with E-state index in [0.29, 0.717) is 12.3 Å². The highest BCUT2D eigenvalue weighted by molar-refractivity contribution is 5.60. The summed E-state index contributed by atoms with van der Waals surface area (Å²) in [6.45, 7) is 10.3. The van der Waals surface area contributed by atoms with E-state index in [4.69, 9.17) is 0 Å². The van der Waals surface area contributed by atoms with Crippen LogP contribution in [-0.4, -0.2) is 21.8 Å². The summed E-state index contributed by atoms with van der Waals surface area (Å²) in [5, 5.41) is 22.1. The topological polar surface area (TPSA) is 103 Å². The van der Waals surface area contributed by atoms with Crippen LogP contribution >= 0.6 is 0 Å². The first-order chi connectivity index (χ1) is 12.6. The monoisotopic (exact) mass is 385 g/mol. The number of nitro groups is 2. The van der Waals surface area contributed by atoms with Gasteiger partial charge in [-0.25, -0.2) is 0 Å². The van der Waals surface area contributed by atoms with Crippen LogP contribution in [0.15, 0.2) is 0 Å². The number of hydrogen-bond donors (Lipinski definition) is 0. The maximum Gasteiger partial charge on any atom is 0.526 e. The molecule has 3 atom stereocenters. The van der Waals surface area contributed by atoms with Gasteiger partial charge in [-0.05, 0) is 31.1 Å². The summed E-state index contributed by atoms with van der Waals surface area (Å²) >= 11 is 0. The Hall–Kier alpha value is -1.53. The Kier molecular flexibility index (Phi) is 12.1. The standard InChI is InChI=1S/C20H37N2O5/c1-16(2)9-6-10-17(3)11-7-12-18(4)13-8-14-19(5)20(15-23,21(24)25)22(26)27/h16-19H,6-14H2,1-5H3. The van der Waals surface area contributed by atoms with Gasteiger partial charge in [0.2, 0.25) is 0 Å². The van der Waals surface area contributed by atoms with Gasteiger partial charge in [0, 0.05) is 0 Å². The predicted octanol–water partition coefficient (Wildman–Crippen LogP) is 5.42. The molecule has 7 nitrogen and oxygen atoms in total. The molecule has 157 valence electrons. The van der Waals surface area contributed by atoms with Crippen molar-refractivity contribution in [3.8, 4) is 0 Å². The van der Waals surface area contributed by atoms with Gasteiger partial charge in [0.1, 0.15) is 15.8 Å². The lowest BCUT2D eigenvalue weighted by molar-refractivity contribution is -0.780. The third kappa shape index (κ3) is 8.80. The van der Waals surface area contributed by atoms with Crippen molar-refractivity contribution in [2.75, 3.05) is 0 Å². The van der Waals surface area contributed by atoms with Gasteiger partial charge in [-0.3, -0.25) is 25.0 Å². The van der Waals surface area contributed by atoms with Crippen molar-refractivity contribution in [2.45, 2.75) is 98.1 Å². The Labute approximate surface area is 163 Å². The highest BCUT2D eigenvalue weighted by Crippen LogP contribution is 2.27. The molecule has 0 heterocycles. The van der Waals surface area contributed by atoms with E-state index in [9.17, 15) is 25.0 Å². The first kappa shape index (κ1) is 25.5. The fourth-order valence-electron chi connectivity index (χ4n) is 3.55. The van der Waals surface area contributed by atoms with Crippen molar-refractivity contribution in [3.05, 3.63) is 20.2 Å². The zero-order chi connectivity index (χ0) is 21.0. The third-order valence-electron chi connectivity index (χ3n) is 5.60. The van der Waals surface area contributed by atoms with Crippen molar-refractivity contribution >= 4 is 6.29 Å². The minimum absolute atomic E-state index is 0.271. The van der Waals surface area contributed by atoms with Gasteiger partial charge in [-0.15, -0.1) is 0 Å². The van der Waals surface area contributed by atoms with E-state index in [1.807, 2.05) is 0 Å². The van der Waals surface area contributed by atoms with E-state index in [0.717, 1.165) is 37.4 Å². The molecule has 0 N–H and O–H groups in total. The van der Waals surface area contributed by atoms with Crippen LogP contribution in [-0.2, 0) is 4.79 Å². The van der Waals surface area contributed by atoms with Crippen LogP contribution in [0.25, 0.3) is 0 Å². The van der Waals surface area contributed by atoms with E-state index in [1.165, 1.54) is 32.6 Å². The van der Waals surface area contributed by atoms with Gasteiger partial charge in [0.05, 0.1) is 0 Å². The molecule has 0 saturated heterocycles. The van der Waals surface area contributed by atoms with Crippen molar-refractivity contribution in [1.82, 2.24) is 0 Å². The first-order valence-corrected chi connectivity index (χ1v) is 10.3. The second-order valence-corrected chi connectivity index (χ2v) is 8.64. The zero-order valence-electron chi connectivity index (χ0n) is 17.6.